The average Bonchev–Trinajstić information content (AvgIpc) is 3.99. The first-order valence-electron chi connectivity index (χ1n) is 19.5. The zero-order valence-corrected chi connectivity index (χ0v) is 35.1. The van der Waals surface area contributed by atoms with Crippen molar-refractivity contribution in [3.05, 3.63) is 101 Å². The van der Waals surface area contributed by atoms with Gasteiger partial charge >= 0.3 is 0 Å². The van der Waals surface area contributed by atoms with Gasteiger partial charge in [-0.1, -0.05) is 61.3 Å². The Labute approximate surface area is 345 Å². The van der Waals surface area contributed by atoms with E-state index in [9.17, 15) is 0 Å². The van der Waals surface area contributed by atoms with E-state index < -0.39 is 5.79 Å². The maximum Gasteiger partial charge on any atom is 0.215 e. The quantitative estimate of drug-likeness (QED) is 0.134. The number of aliphatic hydroxyl groups is 1. The molecule has 3 aromatic carbocycles. The number of aliphatic imine (C=N–C) groups is 1. The van der Waals surface area contributed by atoms with E-state index >= 15 is 0 Å². The molecule has 0 spiro atoms. The molecule has 3 fully saturated rings. The number of aromatic nitrogens is 2. The topological polar surface area (TPSA) is 97.1 Å². The molecule has 3 aliphatic heterocycles. The summed E-state index contributed by atoms with van der Waals surface area (Å²) in [6.07, 6.45) is 8.14. The number of amidine groups is 1. The van der Waals surface area contributed by atoms with Gasteiger partial charge in [-0.2, -0.15) is 0 Å². The molecule has 0 amide bonds. The summed E-state index contributed by atoms with van der Waals surface area (Å²) in [4.78, 5) is 16.4. The molecule has 0 aliphatic carbocycles. The molecule has 1 N–H and O–H groups in total. The molecule has 11 nitrogen and oxygen atoms in total. The summed E-state index contributed by atoms with van der Waals surface area (Å²) in [6, 6.07) is 22.7. The van der Waals surface area contributed by atoms with Crippen molar-refractivity contribution in [1.29, 1.82) is 0 Å². The van der Waals surface area contributed by atoms with Crippen LogP contribution in [0.2, 0.25) is 10.0 Å². The highest BCUT2D eigenvalue weighted by Crippen LogP contribution is 2.41. The van der Waals surface area contributed by atoms with Gasteiger partial charge in [0.15, 0.2) is 5.17 Å². The number of anilines is 2. The van der Waals surface area contributed by atoms with Crippen LogP contribution in [0.1, 0.15) is 45.6 Å². The van der Waals surface area contributed by atoms with Gasteiger partial charge in [0, 0.05) is 80.3 Å². The maximum atomic E-state index is 8.07. The van der Waals surface area contributed by atoms with Gasteiger partial charge in [0.1, 0.15) is 23.9 Å². The largest absolute Gasteiger partial charge is 0.491 e. The first kappa shape index (κ1) is 42.1. The van der Waals surface area contributed by atoms with Crippen LogP contribution in [-0.2, 0) is 26.5 Å². The van der Waals surface area contributed by atoms with Crippen LogP contribution in [-0.4, -0.2) is 102 Å². The number of halogens is 2. The third-order valence-electron chi connectivity index (χ3n) is 10.2. The molecule has 4 heterocycles. The van der Waals surface area contributed by atoms with Crippen LogP contribution in [0.4, 0.5) is 17.1 Å². The van der Waals surface area contributed by atoms with E-state index in [1.807, 2.05) is 29.0 Å². The second-order valence-electron chi connectivity index (χ2n) is 14.1. The minimum atomic E-state index is -1.09. The molecule has 7 rings (SSSR count). The minimum Gasteiger partial charge on any atom is -0.491 e. The third kappa shape index (κ3) is 10.7. The number of imidazole rings is 1. The van der Waals surface area contributed by atoms with Crippen LogP contribution in [0.5, 0.6) is 5.75 Å². The lowest BCUT2D eigenvalue weighted by Crippen LogP contribution is -2.46. The van der Waals surface area contributed by atoms with Gasteiger partial charge in [-0.3, -0.25) is 0 Å². The van der Waals surface area contributed by atoms with Gasteiger partial charge < -0.3 is 43.3 Å². The molecule has 0 radical (unpaired) electrons. The highest BCUT2D eigenvalue weighted by molar-refractivity contribution is 8.14. The second kappa shape index (κ2) is 20.3. The molecule has 14 heteroatoms. The normalized spacial score (nSPS) is 22.3. The summed E-state index contributed by atoms with van der Waals surface area (Å²) in [6.45, 7) is 12.6. The molecule has 3 aliphatic rings. The summed E-state index contributed by atoms with van der Waals surface area (Å²) in [5, 5.41) is 10.1. The summed E-state index contributed by atoms with van der Waals surface area (Å²) in [5.74, 6) is -0.307. The van der Waals surface area contributed by atoms with Crippen LogP contribution in [0.3, 0.4) is 0 Å². The fourth-order valence-corrected chi connectivity index (χ4v) is 8.48. The van der Waals surface area contributed by atoms with Gasteiger partial charge in [0.05, 0.1) is 36.7 Å². The lowest BCUT2D eigenvalue weighted by molar-refractivity contribution is -0.189. The Kier molecular flexibility index (Phi) is 15.3. The van der Waals surface area contributed by atoms with Crippen molar-refractivity contribution in [2.75, 3.05) is 69.5 Å². The van der Waals surface area contributed by atoms with Gasteiger partial charge in [0.2, 0.25) is 5.79 Å². The number of methoxy groups -OCH3 is 1. The number of hydrogen-bond acceptors (Lipinski definition) is 10. The Morgan fingerprint density at radius 2 is 1.70 bits per heavy atom. The Morgan fingerprint density at radius 1 is 1.00 bits per heavy atom. The highest BCUT2D eigenvalue weighted by atomic mass is 35.5. The monoisotopic (exact) mass is 824 g/mol. The van der Waals surface area contributed by atoms with Gasteiger partial charge in [0.25, 0.3) is 0 Å². The van der Waals surface area contributed by atoms with E-state index in [0.717, 1.165) is 68.6 Å². The number of unbranched alkanes of at least 4 members (excludes halogenated alkanes) is 1. The molecule has 1 aromatic heterocycles. The lowest BCUT2D eigenvalue weighted by Gasteiger charge is -2.37. The Hall–Kier alpha value is -3.49. The number of thioether (sulfide) groups is 1. The van der Waals surface area contributed by atoms with Crippen LogP contribution in [0, 0.1) is 0 Å². The number of aliphatic hydroxyl groups excluding tert-OH is 1. The lowest BCUT2D eigenvalue weighted by atomic mass is 10.1. The number of piperazine rings is 1. The molecule has 0 saturated carbocycles. The van der Waals surface area contributed by atoms with Crippen molar-refractivity contribution in [3.63, 3.8) is 0 Å². The first-order valence-corrected chi connectivity index (χ1v) is 21.1. The fourth-order valence-electron chi connectivity index (χ4n) is 6.81. The predicted octanol–water partition coefficient (Wildman–Crippen LogP) is 8.45. The van der Waals surface area contributed by atoms with E-state index in [0.29, 0.717) is 48.0 Å². The average molecular weight is 826 g/mol. The molecular formula is C42H54Cl2N6O5S. The van der Waals surface area contributed by atoms with Gasteiger partial charge in [-0.25, -0.2) is 9.98 Å². The highest BCUT2D eigenvalue weighted by Gasteiger charge is 2.45. The van der Waals surface area contributed by atoms with E-state index in [1.165, 1.54) is 11.4 Å². The SMILES string of the molecule is CCC(C)N1CC(OC)SC1=Nc1ccc(N2CCN(c3ccc(OCC4COC(Cn5ccnc5)(c5ccc(Cl)cc5Cl)O4)cc3)CC2)cc1.CCCCO. The Bertz CT molecular complexity index is 1830. The summed E-state index contributed by atoms with van der Waals surface area (Å²) in [5.41, 5.74) is 4.22. The number of ether oxygens (including phenoxy) is 4. The van der Waals surface area contributed by atoms with Gasteiger partial charge in [-0.15, -0.1) is 0 Å². The number of rotatable bonds is 14. The van der Waals surface area contributed by atoms with Crippen LogP contribution >= 0.6 is 35.0 Å². The van der Waals surface area contributed by atoms with Crippen LogP contribution in [0.25, 0.3) is 0 Å². The molecule has 302 valence electrons. The van der Waals surface area contributed by atoms with E-state index in [-0.39, 0.29) is 11.5 Å². The molecule has 4 atom stereocenters. The standard InChI is InChI=1S/C38H44Cl2N6O4S.C4H10O/c1-4-27(2)46-22-36(47-3)51-37(46)42-29-6-8-30(9-7-29)44-17-19-45(20-18-44)31-10-12-32(13-11-31)48-23-33-24-49-38(50-33,25-43-16-15-41-26-43)34-14-5-28(39)21-35(34)40;1-2-3-4-5/h5-16,21,26-27,33,36H,4,17-20,22-25H2,1-3H3;5H,2-4H2,1H3. The Balaban J connectivity index is 0.00000100. The summed E-state index contributed by atoms with van der Waals surface area (Å²) in [7, 11) is 1.77. The minimum absolute atomic E-state index is 0.125. The predicted molar refractivity (Wildman–Crippen MR) is 228 cm³/mol. The number of nitrogens with zero attached hydrogens (tertiary/aromatic N) is 6. The van der Waals surface area contributed by atoms with Crippen molar-refractivity contribution in [2.45, 2.75) is 69.9 Å². The smallest absolute Gasteiger partial charge is 0.215 e. The van der Waals surface area contributed by atoms with Crippen molar-refractivity contribution in [3.8, 4) is 5.75 Å². The molecule has 0 bridgehead atoms. The second-order valence-corrected chi connectivity index (χ2v) is 16.1. The van der Waals surface area contributed by atoms with E-state index in [2.05, 4.69) is 76.9 Å². The molecule has 56 heavy (non-hydrogen) atoms. The summed E-state index contributed by atoms with van der Waals surface area (Å²) < 4.78 is 26.6. The van der Waals surface area contributed by atoms with E-state index in [4.69, 9.17) is 52.2 Å². The Morgan fingerprint density at radius 3 is 2.27 bits per heavy atom. The maximum absolute atomic E-state index is 8.07. The molecule has 3 saturated heterocycles. The van der Waals surface area contributed by atoms with Gasteiger partial charge in [-0.05, 0) is 80.4 Å². The third-order valence-corrected chi connectivity index (χ3v) is 11.9. The fraction of sp³-hybridized carbons (Fsp3) is 0.476. The van der Waals surface area contributed by atoms with Crippen molar-refractivity contribution in [1.82, 2.24) is 14.5 Å². The number of benzene rings is 3. The van der Waals surface area contributed by atoms with E-state index in [1.54, 1.807) is 43.5 Å². The zero-order chi connectivity index (χ0) is 39.5. The van der Waals surface area contributed by atoms with Crippen molar-refractivity contribution < 1.29 is 24.1 Å². The molecule has 4 aromatic rings. The van der Waals surface area contributed by atoms with Crippen LogP contribution in [0.15, 0.2) is 90.4 Å². The molecular weight excluding hydrogens is 771 g/mol. The first-order chi connectivity index (χ1) is 27.2. The summed E-state index contributed by atoms with van der Waals surface area (Å²) >= 11 is 14.5. The number of hydrogen-bond donors (Lipinski definition) is 1. The zero-order valence-electron chi connectivity index (χ0n) is 32.7. The van der Waals surface area contributed by atoms with Crippen molar-refractivity contribution >= 4 is 57.2 Å². The van der Waals surface area contributed by atoms with Crippen LogP contribution < -0.4 is 14.5 Å². The molecule has 4 unspecified atom stereocenters. The van der Waals surface area contributed by atoms with Crippen molar-refractivity contribution in [2.24, 2.45) is 4.99 Å².